The second-order valence-electron chi connectivity index (χ2n) is 5.88. The van der Waals surface area contributed by atoms with E-state index in [4.69, 9.17) is 4.74 Å². The van der Waals surface area contributed by atoms with Gasteiger partial charge in [-0.15, -0.1) is 11.3 Å². The maximum absolute atomic E-state index is 5.96. The summed E-state index contributed by atoms with van der Waals surface area (Å²) in [5.41, 5.74) is 4.86. The molecular weight excluding hydrogens is 280 g/mol. The minimum absolute atomic E-state index is 0.553. The van der Waals surface area contributed by atoms with Crippen LogP contribution in [0, 0.1) is 20.8 Å². The fourth-order valence-corrected chi connectivity index (χ4v) is 3.03. The minimum atomic E-state index is 0.553. The number of nitrogens with zero attached hydrogens (tertiary/aromatic N) is 1. The predicted molar refractivity (Wildman–Crippen MR) is 87.0 cm³/mol. The van der Waals surface area contributed by atoms with Crippen LogP contribution >= 0.6 is 11.3 Å². The molecule has 3 nitrogen and oxygen atoms in total. The molecule has 1 saturated carbocycles. The van der Waals surface area contributed by atoms with Gasteiger partial charge in [-0.2, -0.15) is 0 Å². The Kier molecular flexibility index (Phi) is 4.27. The van der Waals surface area contributed by atoms with Crippen molar-refractivity contribution in [3.05, 3.63) is 44.9 Å². The average Bonchev–Trinajstić information content (AvgIpc) is 3.17. The van der Waals surface area contributed by atoms with Gasteiger partial charge < -0.3 is 10.1 Å². The SMILES string of the molecule is Cc1cc(C)c(C)c(OCc2nc(CNC3CC3)cs2)c1. The molecular formula is C17H22N2OS. The number of rotatable bonds is 6. The van der Waals surface area contributed by atoms with Gasteiger partial charge in [0.05, 0.1) is 5.69 Å². The standard InChI is InChI=1S/C17H22N2OS/c1-11-6-12(2)13(3)16(7-11)20-9-17-19-15(10-21-17)8-18-14-4-5-14/h6-7,10,14,18H,4-5,8-9H2,1-3H3. The van der Waals surface area contributed by atoms with E-state index < -0.39 is 0 Å². The lowest BCUT2D eigenvalue weighted by Gasteiger charge is -2.11. The highest BCUT2D eigenvalue weighted by molar-refractivity contribution is 7.09. The molecule has 1 N–H and O–H groups in total. The molecule has 0 unspecified atom stereocenters. The van der Waals surface area contributed by atoms with Crippen LogP contribution in [-0.4, -0.2) is 11.0 Å². The van der Waals surface area contributed by atoms with Gasteiger partial charge in [-0.05, 0) is 56.4 Å². The van der Waals surface area contributed by atoms with Crippen LogP contribution in [0.4, 0.5) is 0 Å². The number of thiazole rings is 1. The number of hydrogen-bond donors (Lipinski definition) is 1. The first-order chi connectivity index (χ1) is 10.1. The van der Waals surface area contributed by atoms with Crippen molar-refractivity contribution in [2.24, 2.45) is 0 Å². The van der Waals surface area contributed by atoms with E-state index in [0.717, 1.165) is 29.0 Å². The molecule has 0 amide bonds. The van der Waals surface area contributed by atoms with E-state index in [1.54, 1.807) is 11.3 Å². The highest BCUT2D eigenvalue weighted by atomic mass is 32.1. The summed E-state index contributed by atoms with van der Waals surface area (Å²) in [6, 6.07) is 5.02. The van der Waals surface area contributed by atoms with Gasteiger partial charge in [0.1, 0.15) is 17.4 Å². The summed E-state index contributed by atoms with van der Waals surface area (Å²) in [5.74, 6) is 0.973. The summed E-state index contributed by atoms with van der Waals surface area (Å²) in [6.07, 6.45) is 2.62. The van der Waals surface area contributed by atoms with E-state index in [1.165, 1.54) is 29.5 Å². The molecule has 1 aliphatic rings. The van der Waals surface area contributed by atoms with Crippen LogP contribution in [0.1, 0.15) is 40.2 Å². The molecule has 4 heteroatoms. The average molecular weight is 302 g/mol. The zero-order valence-corrected chi connectivity index (χ0v) is 13.7. The number of aromatic nitrogens is 1. The van der Waals surface area contributed by atoms with Gasteiger partial charge in [-0.3, -0.25) is 0 Å². The first kappa shape index (κ1) is 14.5. The van der Waals surface area contributed by atoms with Crippen LogP contribution in [-0.2, 0) is 13.2 Å². The Balaban J connectivity index is 1.59. The van der Waals surface area contributed by atoms with E-state index in [-0.39, 0.29) is 0 Å². The molecule has 0 saturated heterocycles. The van der Waals surface area contributed by atoms with Crippen molar-refractivity contribution in [3.63, 3.8) is 0 Å². The summed E-state index contributed by atoms with van der Waals surface area (Å²) in [6.45, 7) is 7.77. The van der Waals surface area contributed by atoms with Gasteiger partial charge in [0.2, 0.25) is 0 Å². The zero-order valence-electron chi connectivity index (χ0n) is 12.9. The second kappa shape index (κ2) is 6.16. The summed E-state index contributed by atoms with van der Waals surface area (Å²) in [5, 5.41) is 6.66. The van der Waals surface area contributed by atoms with Crippen molar-refractivity contribution in [3.8, 4) is 5.75 Å². The molecule has 1 aromatic heterocycles. The lowest BCUT2D eigenvalue weighted by molar-refractivity contribution is 0.302. The molecule has 0 aliphatic heterocycles. The van der Waals surface area contributed by atoms with Gasteiger partial charge >= 0.3 is 0 Å². The Morgan fingerprint density at radius 3 is 2.86 bits per heavy atom. The summed E-state index contributed by atoms with van der Waals surface area (Å²) in [7, 11) is 0. The van der Waals surface area contributed by atoms with Crippen molar-refractivity contribution in [1.82, 2.24) is 10.3 Å². The van der Waals surface area contributed by atoms with Crippen molar-refractivity contribution >= 4 is 11.3 Å². The van der Waals surface area contributed by atoms with E-state index in [1.807, 2.05) is 0 Å². The third-order valence-electron chi connectivity index (χ3n) is 3.86. The molecule has 112 valence electrons. The van der Waals surface area contributed by atoms with E-state index in [9.17, 15) is 0 Å². The molecule has 3 rings (SSSR count). The maximum atomic E-state index is 5.96. The van der Waals surface area contributed by atoms with E-state index >= 15 is 0 Å². The maximum Gasteiger partial charge on any atom is 0.140 e. The Hall–Kier alpha value is -1.39. The van der Waals surface area contributed by atoms with Crippen molar-refractivity contribution in [2.75, 3.05) is 0 Å². The van der Waals surface area contributed by atoms with E-state index in [0.29, 0.717) is 6.61 Å². The molecule has 1 fully saturated rings. The number of nitrogens with one attached hydrogen (secondary N) is 1. The van der Waals surface area contributed by atoms with Gasteiger partial charge in [-0.25, -0.2) is 4.98 Å². The third-order valence-corrected chi connectivity index (χ3v) is 4.73. The Morgan fingerprint density at radius 1 is 1.29 bits per heavy atom. The van der Waals surface area contributed by atoms with Gasteiger partial charge in [0.15, 0.2) is 0 Å². The minimum Gasteiger partial charge on any atom is -0.486 e. The Labute approximate surface area is 130 Å². The van der Waals surface area contributed by atoms with Gasteiger partial charge in [-0.1, -0.05) is 6.07 Å². The molecule has 0 atom stereocenters. The van der Waals surface area contributed by atoms with Crippen LogP contribution in [0.2, 0.25) is 0 Å². The summed E-state index contributed by atoms with van der Waals surface area (Å²) >= 11 is 1.68. The van der Waals surface area contributed by atoms with Gasteiger partial charge in [0.25, 0.3) is 0 Å². The highest BCUT2D eigenvalue weighted by Gasteiger charge is 2.20. The lowest BCUT2D eigenvalue weighted by Crippen LogP contribution is -2.15. The highest BCUT2D eigenvalue weighted by Crippen LogP contribution is 2.25. The lowest BCUT2D eigenvalue weighted by atomic mass is 10.1. The largest absolute Gasteiger partial charge is 0.486 e. The Bertz CT molecular complexity index is 632. The fraction of sp³-hybridized carbons (Fsp3) is 0.471. The predicted octanol–water partition coefficient (Wildman–Crippen LogP) is 3.90. The summed E-state index contributed by atoms with van der Waals surface area (Å²) < 4.78 is 5.96. The fourth-order valence-electron chi connectivity index (χ4n) is 2.32. The molecule has 1 aromatic carbocycles. The third kappa shape index (κ3) is 3.83. The molecule has 1 heterocycles. The first-order valence-corrected chi connectivity index (χ1v) is 8.37. The van der Waals surface area contributed by atoms with Gasteiger partial charge in [0, 0.05) is 18.0 Å². The monoisotopic (exact) mass is 302 g/mol. The zero-order chi connectivity index (χ0) is 14.8. The number of ether oxygens (including phenoxy) is 1. The molecule has 1 aliphatic carbocycles. The second-order valence-corrected chi connectivity index (χ2v) is 6.82. The Morgan fingerprint density at radius 2 is 2.10 bits per heavy atom. The molecule has 0 bridgehead atoms. The number of hydrogen-bond acceptors (Lipinski definition) is 4. The quantitative estimate of drug-likeness (QED) is 0.879. The molecule has 0 spiro atoms. The van der Waals surface area contributed by atoms with Crippen LogP contribution in [0.5, 0.6) is 5.75 Å². The van der Waals surface area contributed by atoms with Crippen molar-refractivity contribution in [2.45, 2.75) is 52.8 Å². The van der Waals surface area contributed by atoms with Crippen LogP contribution < -0.4 is 10.1 Å². The summed E-state index contributed by atoms with van der Waals surface area (Å²) in [4.78, 5) is 4.63. The molecule has 21 heavy (non-hydrogen) atoms. The first-order valence-electron chi connectivity index (χ1n) is 7.49. The van der Waals surface area contributed by atoms with Crippen LogP contribution in [0.15, 0.2) is 17.5 Å². The topological polar surface area (TPSA) is 34.1 Å². The molecule has 2 aromatic rings. The van der Waals surface area contributed by atoms with Crippen LogP contribution in [0.3, 0.4) is 0 Å². The van der Waals surface area contributed by atoms with Crippen molar-refractivity contribution in [1.29, 1.82) is 0 Å². The number of aryl methyl sites for hydroxylation is 2. The normalized spacial score (nSPS) is 14.4. The van der Waals surface area contributed by atoms with Crippen molar-refractivity contribution < 1.29 is 4.74 Å². The number of benzene rings is 1. The van der Waals surface area contributed by atoms with E-state index in [2.05, 4.69) is 48.6 Å². The van der Waals surface area contributed by atoms with Crippen LogP contribution in [0.25, 0.3) is 0 Å². The smallest absolute Gasteiger partial charge is 0.140 e. The molecule has 0 radical (unpaired) electrons.